The van der Waals surface area contributed by atoms with E-state index in [4.69, 9.17) is 0 Å². The molecule has 2 rings (SSSR count). The zero-order valence-electron chi connectivity index (χ0n) is 6.00. The van der Waals surface area contributed by atoms with E-state index in [-0.39, 0.29) is 0 Å². The largest absolute Gasteiger partial charge is 0.326 e. The molecular weight excluding hydrogens is 144 g/mol. The lowest BCUT2D eigenvalue weighted by atomic mass is 10.5. The van der Waals surface area contributed by atoms with Crippen LogP contribution < -0.4 is 0 Å². The molecule has 2 heterocycles. The standard InChI is InChI=1S/C7H10N2S/c1-6-5-9-3-2-4-10-7(9)8-6/h5H,2-4H2,1H3. The highest BCUT2D eigenvalue weighted by Crippen LogP contribution is 2.23. The maximum atomic E-state index is 4.38. The molecule has 0 aliphatic carbocycles. The molecule has 0 radical (unpaired) electrons. The maximum Gasteiger partial charge on any atom is 0.168 e. The predicted molar refractivity (Wildman–Crippen MR) is 42.3 cm³/mol. The van der Waals surface area contributed by atoms with E-state index < -0.39 is 0 Å². The topological polar surface area (TPSA) is 17.8 Å². The minimum absolute atomic E-state index is 1.14. The van der Waals surface area contributed by atoms with Gasteiger partial charge in [0.1, 0.15) is 0 Å². The number of aryl methyl sites for hydroxylation is 2. The summed E-state index contributed by atoms with van der Waals surface area (Å²) < 4.78 is 2.24. The number of nitrogens with zero attached hydrogens (tertiary/aromatic N) is 2. The van der Waals surface area contributed by atoms with Gasteiger partial charge in [-0.2, -0.15) is 0 Å². The van der Waals surface area contributed by atoms with E-state index in [9.17, 15) is 0 Å². The molecule has 0 saturated carbocycles. The van der Waals surface area contributed by atoms with Crippen LogP contribution in [0.1, 0.15) is 12.1 Å². The van der Waals surface area contributed by atoms with E-state index >= 15 is 0 Å². The van der Waals surface area contributed by atoms with Crippen molar-refractivity contribution >= 4 is 11.8 Å². The lowest BCUT2D eigenvalue weighted by molar-refractivity contribution is 0.607. The molecule has 3 heteroatoms. The SMILES string of the molecule is Cc1cn2c(n1)SCCC2. The van der Waals surface area contributed by atoms with E-state index in [1.807, 2.05) is 18.7 Å². The van der Waals surface area contributed by atoms with Gasteiger partial charge in [-0.05, 0) is 13.3 Å². The van der Waals surface area contributed by atoms with Gasteiger partial charge in [-0.1, -0.05) is 11.8 Å². The summed E-state index contributed by atoms with van der Waals surface area (Å²) in [5.41, 5.74) is 1.14. The van der Waals surface area contributed by atoms with Crippen LogP contribution in [0.25, 0.3) is 0 Å². The highest BCUT2D eigenvalue weighted by atomic mass is 32.2. The molecule has 0 bridgehead atoms. The molecule has 0 spiro atoms. The van der Waals surface area contributed by atoms with Gasteiger partial charge in [-0.25, -0.2) is 4.98 Å². The molecule has 2 nitrogen and oxygen atoms in total. The van der Waals surface area contributed by atoms with Gasteiger partial charge < -0.3 is 4.57 Å². The van der Waals surface area contributed by atoms with Crippen LogP contribution >= 0.6 is 11.8 Å². The summed E-state index contributed by atoms with van der Waals surface area (Å²) in [4.78, 5) is 4.38. The molecule has 0 aromatic carbocycles. The Morgan fingerprint density at radius 1 is 1.70 bits per heavy atom. The minimum Gasteiger partial charge on any atom is -0.326 e. The van der Waals surface area contributed by atoms with Crippen LogP contribution in [0.3, 0.4) is 0 Å². The summed E-state index contributed by atoms with van der Waals surface area (Å²) in [6, 6.07) is 0. The highest BCUT2D eigenvalue weighted by molar-refractivity contribution is 7.99. The van der Waals surface area contributed by atoms with Gasteiger partial charge in [-0.15, -0.1) is 0 Å². The summed E-state index contributed by atoms with van der Waals surface area (Å²) in [6.45, 7) is 3.20. The number of fused-ring (bicyclic) bond motifs is 1. The van der Waals surface area contributed by atoms with E-state index in [2.05, 4.69) is 15.7 Å². The number of aromatic nitrogens is 2. The van der Waals surface area contributed by atoms with Crippen LogP contribution in [0.5, 0.6) is 0 Å². The molecule has 1 aromatic rings. The van der Waals surface area contributed by atoms with Gasteiger partial charge in [0.05, 0.1) is 5.69 Å². The fourth-order valence-electron chi connectivity index (χ4n) is 1.20. The molecule has 54 valence electrons. The minimum atomic E-state index is 1.14. The van der Waals surface area contributed by atoms with Crippen molar-refractivity contribution in [1.82, 2.24) is 9.55 Å². The van der Waals surface area contributed by atoms with Crippen LogP contribution in [-0.2, 0) is 6.54 Å². The zero-order chi connectivity index (χ0) is 6.97. The molecule has 0 unspecified atom stereocenters. The summed E-state index contributed by atoms with van der Waals surface area (Å²) in [5.74, 6) is 1.23. The van der Waals surface area contributed by atoms with Crippen LogP contribution in [0, 0.1) is 6.92 Å². The first-order chi connectivity index (χ1) is 4.86. The third-order valence-electron chi connectivity index (χ3n) is 1.63. The highest BCUT2D eigenvalue weighted by Gasteiger charge is 2.09. The molecule has 1 aliphatic heterocycles. The van der Waals surface area contributed by atoms with Crippen molar-refractivity contribution in [3.05, 3.63) is 11.9 Å². The first-order valence-electron chi connectivity index (χ1n) is 3.53. The Labute approximate surface area is 64.6 Å². The molecule has 0 saturated heterocycles. The second-order valence-corrected chi connectivity index (χ2v) is 3.62. The summed E-state index contributed by atoms with van der Waals surface area (Å²) in [7, 11) is 0. The van der Waals surface area contributed by atoms with E-state index in [0.717, 1.165) is 12.2 Å². The van der Waals surface area contributed by atoms with Crippen molar-refractivity contribution in [2.45, 2.75) is 25.0 Å². The zero-order valence-corrected chi connectivity index (χ0v) is 6.82. The Kier molecular flexibility index (Phi) is 1.45. The predicted octanol–water partition coefficient (Wildman–Crippen LogP) is 1.69. The third kappa shape index (κ3) is 0.944. The van der Waals surface area contributed by atoms with Crippen molar-refractivity contribution in [3.63, 3.8) is 0 Å². The van der Waals surface area contributed by atoms with Crippen LogP contribution in [0.2, 0.25) is 0 Å². The molecule has 1 aliphatic rings. The Hall–Kier alpha value is -0.440. The van der Waals surface area contributed by atoms with Crippen molar-refractivity contribution in [1.29, 1.82) is 0 Å². The Bertz CT molecular complexity index is 218. The number of hydrogen-bond donors (Lipinski definition) is 0. The average Bonchev–Trinajstić information content (AvgIpc) is 2.27. The lowest BCUT2D eigenvalue weighted by Crippen LogP contribution is -2.05. The maximum absolute atomic E-state index is 4.38. The van der Waals surface area contributed by atoms with Crippen molar-refractivity contribution in [2.24, 2.45) is 0 Å². The Morgan fingerprint density at radius 2 is 2.60 bits per heavy atom. The summed E-state index contributed by atoms with van der Waals surface area (Å²) in [5, 5.41) is 1.20. The fraction of sp³-hybridized carbons (Fsp3) is 0.571. The first kappa shape index (κ1) is 6.28. The quantitative estimate of drug-likeness (QED) is 0.566. The monoisotopic (exact) mass is 154 g/mol. The smallest absolute Gasteiger partial charge is 0.168 e. The van der Waals surface area contributed by atoms with Crippen LogP contribution in [0.15, 0.2) is 11.4 Å². The number of thioether (sulfide) groups is 1. The summed E-state index contributed by atoms with van der Waals surface area (Å²) in [6.07, 6.45) is 3.41. The fourth-order valence-corrected chi connectivity index (χ4v) is 2.17. The molecule has 0 fully saturated rings. The second kappa shape index (κ2) is 2.31. The number of hydrogen-bond acceptors (Lipinski definition) is 2. The van der Waals surface area contributed by atoms with Crippen LogP contribution in [-0.4, -0.2) is 15.3 Å². The molecule has 10 heavy (non-hydrogen) atoms. The van der Waals surface area contributed by atoms with Crippen molar-refractivity contribution in [2.75, 3.05) is 5.75 Å². The average molecular weight is 154 g/mol. The van der Waals surface area contributed by atoms with Gasteiger partial charge in [0, 0.05) is 18.5 Å². The van der Waals surface area contributed by atoms with Gasteiger partial charge in [0.2, 0.25) is 0 Å². The first-order valence-corrected chi connectivity index (χ1v) is 4.51. The lowest BCUT2D eigenvalue weighted by Gasteiger charge is -2.11. The van der Waals surface area contributed by atoms with E-state index in [0.29, 0.717) is 0 Å². The van der Waals surface area contributed by atoms with Gasteiger partial charge in [0.25, 0.3) is 0 Å². The second-order valence-electron chi connectivity index (χ2n) is 2.56. The summed E-state index contributed by atoms with van der Waals surface area (Å²) >= 11 is 1.86. The van der Waals surface area contributed by atoms with E-state index in [1.165, 1.54) is 17.3 Å². The van der Waals surface area contributed by atoms with Gasteiger partial charge in [-0.3, -0.25) is 0 Å². The Balaban J connectivity index is 2.41. The Morgan fingerprint density at radius 3 is 3.40 bits per heavy atom. The molecular formula is C7H10N2S. The molecule has 0 N–H and O–H groups in total. The molecule has 0 atom stereocenters. The number of rotatable bonds is 0. The molecule has 0 amide bonds. The van der Waals surface area contributed by atoms with Crippen molar-refractivity contribution in [3.8, 4) is 0 Å². The van der Waals surface area contributed by atoms with Gasteiger partial charge in [0.15, 0.2) is 5.16 Å². The third-order valence-corrected chi connectivity index (χ3v) is 2.71. The van der Waals surface area contributed by atoms with Gasteiger partial charge >= 0.3 is 0 Å². The van der Waals surface area contributed by atoms with E-state index in [1.54, 1.807) is 0 Å². The van der Waals surface area contributed by atoms with Crippen LogP contribution in [0.4, 0.5) is 0 Å². The molecule has 1 aromatic heterocycles. The number of imidazole rings is 1. The normalized spacial score (nSPS) is 16.9. The van der Waals surface area contributed by atoms with Crippen molar-refractivity contribution < 1.29 is 0 Å².